The predicted molar refractivity (Wildman–Crippen MR) is 72.4 cm³/mol. The van der Waals surface area contributed by atoms with E-state index in [1.807, 2.05) is 0 Å². The van der Waals surface area contributed by atoms with Gasteiger partial charge in [0.25, 0.3) is 10.0 Å². The van der Waals surface area contributed by atoms with Gasteiger partial charge in [-0.05, 0) is 34.8 Å². The molecule has 106 valence electrons. The van der Waals surface area contributed by atoms with Crippen molar-refractivity contribution in [1.82, 2.24) is 4.47 Å². The van der Waals surface area contributed by atoms with E-state index in [1.54, 1.807) is 0 Å². The molecule has 1 aromatic heterocycles. The average molecular weight is 370 g/mol. The van der Waals surface area contributed by atoms with E-state index in [-0.39, 0.29) is 9.77 Å². The monoisotopic (exact) mass is 369 g/mol. The molecule has 1 saturated heterocycles. The summed E-state index contributed by atoms with van der Waals surface area (Å²) in [7, 11) is -2.50. The van der Waals surface area contributed by atoms with Crippen LogP contribution in [-0.2, 0) is 19.6 Å². The third-order valence-electron chi connectivity index (χ3n) is 2.56. The number of methoxy groups -OCH3 is 1. The molecule has 0 aromatic carbocycles. The fourth-order valence-electron chi connectivity index (χ4n) is 1.60. The minimum Gasteiger partial charge on any atom is -0.465 e. The average Bonchev–Trinajstić information content (AvgIpc) is 2.81. The fraction of sp³-hybridized carbons (Fsp3) is 0.500. The zero-order valence-corrected chi connectivity index (χ0v) is 13.3. The van der Waals surface area contributed by atoms with Gasteiger partial charge in [0.1, 0.15) is 9.77 Å². The molecule has 2 rings (SSSR count). The van der Waals surface area contributed by atoms with Gasteiger partial charge in [-0.3, -0.25) is 4.84 Å². The van der Waals surface area contributed by atoms with Gasteiger partial charge >= 0.3 is 5.97 Å². The van der Waals surface area contributed by atoms with Gasteiger partial charge < -0.3 is 4.74 Å². The minimum atomic E-state index is -3.75. The molecule has 0 aliphatic carbocycles. The molecule has 0 atom stereocenters. The van der Waals surface area contributed by atoms with Crippen LogP contribution >= 0.6 is 27.3 Å². The maximum absolute atomic E-state index is 12.4. The molecule has 0 saturated carbocycles. The fourth-order valence-corrected chi connectivity index (χ4v) is 5.34. The number of nitrogens with zero attached hydrogens (tertiary/aromatic N) is 1. The lowest BCUT2D eigenvalue weighted by molar-refractivity contribution is -0.108. The van der Waals surface area contributed by atoms with Gasteiger partial charge in [-0.1, -0.05) is 4.47 Å². The highest BCUT2D eigenvalue weighted by Gasteiger charge is 2.31. The Kier molecular flexibility index (Phi) is 4.62. The highest BCUT2D eigenvalue weighted by Crippen LogP contribution is 2.34. The second-order valence-corrected chi connectivity index (χ2v) is 7.98. The van der Waals surface area contributed by atoms with Gasteiger partial charge in [-0.2, -0.15) is 0 Å². The van der Waals surface area contributed by atoms with Crippen molar-refractivity contribution in [3.63, 3.8) is 0 Å². The Hall–Kier alpha value is -0.480. The number of carbonyl (C=O) groups is 1. The van der Waals surface area contributed by atoms with Crippen molar-refractivity contribution in [1.29, 1.82) is 0 Å². The van der Waals surface area contributed by atoms with Crippen LogP contribution in [0.15, 0.2) is 14.7 Å². The van der Waals surface area contributed by atoms with Crippen LogP contribution in [0.3, 0.4) is 0 Å². The number of carbonyl (C=O) groups excluding carboxylic acids is 1. The molecule has 1 aliphatic heterocycles. The first kappa shape index (κ1) is 14.9. The van der Waals surface area contributed by atoms with Crippen molar-refractivity contribution in [3.8, 4) is 0 Å². The summed E-state index contributed by atoms with van der Waals surface area (Å²) in [6.45, 7) is 0.697. The normalized spacial score (nSPS) is 17.4. The molecule has 9 heteroatoms. The topological polar surface area (TPSA) is 72.9 Å². The van der Waals surface area contributed by atoms with Crippen molar-refractivity contribution < 1.29 is 22.8 Å². The molecular formula is C10H12BrNO5S2. The third-order valence-corrected chi connectivity index (χ3v) is 6.47. The maximum atomic E-state index is 12.4. The molecule has 0 radical (unpaired) electrons. The van der Waals surface area contributed by atoms with E-state index < -0.39 is 16.0 Å². The Morgan fingerprint density at radius 3 is 2.84 bits per heavy atom. The van der Waals surface area contributed by atoms with Crippen molar-refractivity contribution >= 4 is 43.3 Å². The molecule has 0 bridgehead atoms. The summed E-state index contributed by atoms with van der Waals surface area (Å²) in [5, 5.41) is 0. The highest BCUT2D eigenvalue weighted by atomic mass is 79.9. The molecule has 0 unspecified atom stereocenters. The lowest BCUT2D eigenvalue weighted by Gasteiger charge is -2.24. The van der Waals surface area contributed by atoms with Crippen LogP contribution in [0.1, 0.15) is 22.5 Å². The first-order valence-electron chi connectivity index (χ1n) is 5.50. The zero-order valence-electron chi connectivity index (χ0n) is 10.1. The number of thiophene rings is 1. The van der Waals surface area contributed by atoms with Crippen LogP contribution in [-0.4, -0.2) is 39.1 Å². The van der Waals surface area contributed by atoms with E-state index in [2.05, 4.69) is 20.7 Å². The maximum Gasteiger partial charge on any atom is 0.348 e. The molecule has 19 heavy (non-hydrogen) atoms. The van der Waals surface area contributed by atoms with E-state index in [9.17, 15) is 13.2 Å². The van der Waals surface area contributed by atoms with Gasteiger partial charge in [0, 0.05) is 6.54 Å². The molecule has 6 nitrogen and oxygen atoms in total. The van der Waals surface area contributed by atoms with Crippen molar-refractivity contribution in [3.05, 3.63) is 14.7 Å². The van der Waals surface area contributed by atoms with Crippen LogP contribution in [0, 0.1) is 0 Å². The minimum absolute atomic E-state index is 0.0276. The van der Waals surface area contributed by atoms with E-state index in [1.165, 1.54) is 13.2 Å². The first-order chi connectivity index (χ1) is 8.96. The number of halogens is 1. The largest absolute Gasteiger partial charge is 0.465 e. The molecular weight excluding hydrogens is 358 g/mol. The van der Waals surface area contributed by atoms with Gasteiger partial charge in [-0.25, -0.2) is 13.2 Å². The van der Waals surface area contributed by atoms with E-state index in [0.29, 0.717) is 16.9 Å². The Morgan fingerprint density at radius 1 is 1.53 bits per heavy atom. The summed E-state index contributed by atoms with van der Waals surface area (Å²) in [5.41, 5.74) is 0. The van der Waals surface area contributed by atoms with E-state index in [4.69, 9.17) is 4.84 Å². The Labute approximate surface area is 123 Å². The quantitative estimate of drug-likeness (QED) is 0.762. The second-order valence-electron chi connectivity index (χ2n) is 3.81. The summed E-state index contributed by atoms with van der Waals surface area (Å²) in [4.78, 5) is 16.8. The number of sulfonamides is 1. The summed E-state index contributed by atoms with van der Waals surface area (Å²) in [6.07, 6.45) is 1.59. The number of ether oxygens (including phenoxy) is 1. The van der Waals surface area contributed by atoms with Gasteiger partial charge in [0.15, 0.2) is 0 Å². The Bertz CT molecular complexity index is 577. The molecule has 2 heterocycles. The summed E-state index contributed by atoms with van der Waals surface area (Å²) in [6, 6.07) is 1.30. The van der Waals surface area contributed by atoms with Crippen LogP contribution in [0.25, 0.3) is 0 Å². The summed E-state index contributed by atoms with van der Waals surface area (Å²) < 4.78 is 30.6. The van der Waals surface area contributed by atoms with Crippen LogP contribution in [0.2, 0.25) is 0 Å². The zero-order chi connectivity index (χ0) is 14.0. The van der Waals surface area contributed by atoms with Crippen molar-refractivity contribution in [2.45, 2.75) is 17.7 Å². The SMILES string of the molecule is COC(=O)c1cc(S(=O)(=O)N2CCCCO2)c(Br)s1. The summed E-state index contributed by atoms with van der Waals surface area (Å²) >= 11 is 4.19. The number of esters is 1. The van der Waals surface area contributed by atoms with Gasteiger partial charge in [-0.15, -0.1) is 11.3 Å². The van der Waals surface area contributed by atoms with Crippen LogP contribution < -0.4 is 0 Å². The molecule has 1 aliphatic rings. The second kappa shape index (κ2) is 5.88. The number of hydrogen-bond acceptors (Lipinski definition) is 6. The van der Waals surface area contributed by atoms with Gasteiger partial charge in [0.2, 0.25) is 0 Å². The Balaban J connectivity index is 2.34. The Morgan fingerprint density at radius 2 is 2.26 bits per heavy atom. The van der Waals surface area contributed by atoms with Crippen molar-refractivity contribution in [2.24, 2.45) is 0 Å². The molecule has 1 aromatic rings. The van der Waals surface area contributed by atoms with Gasteiger partial charge in [0.05, 0.1) is 17.5 Å². The lowest BCUT2D eigenvalue weighted by atomic mass is 10.3. The smallest absolute Gasteiger partial charge is 0.348 e. The molecule has 0 amide bonds. The number of hydroxylamine groups is 1. The highest BCUT2D eigenvalue weighted by molar-refractivity contribution is 9.11. The lowest BCUT2D eigenvalue weighted by Crippen LogP contribution is -2.35. The van der Waals surface area contributed by atoms with E-state index in [0.717, 1.165) is 28.6 Å². The standard InChI is InChI=1S/C10H12BrNO5S2/c1-16-10(13)7-6-8(9(11)18-7)19(14,15)12-4-2-3-5-17-12/h6H,2-5H2,1H3. The molecule has 1 fully saturated rings. The molecule has 0 N–H and O–H groups in total. The summed E-state index contributed by atoms with van der Waals surface area (Å²) in [5.74, 6) is -0.563. The number of hydrogen-bond donors (Lipinski definition) is 0. The first-order valence-corrected chi connectivity index (χ1v) is 8.55. The number of rotatable bonds is 3. The van der Waals surface area contributed by atoms with Crippen LogP contribution in [0.4, 0.5) is 0 Å². The van der Waals surface area contributed by atoms with Crippen LogP contribution in [0.5, 0.6) is 0 Å². The molecule has 0 spiro atoms. The van der Waals surface area contributed by atoms with Crippen molar-refractivity contribution in [2.75, 3.05) is 20.3 Å². The van der Waals surface area contributed by atoms with E-state index >= 15 is 0 Å². The predicted octanol–water partition coefficient (Wildman–Crippen LogP) is 2.01. The third kappa shape index (κ3) is 3.00.